The van der Waals surface area contributed by atoms with Crippen molar-refractivity contribution >= 4 is 18.1 Å². The second kappa shape index (κ2) is 6.96. The number of alkyl halides is 2. The molecule has 108 valence electrons. The van der Waals surface area contributed by atoms with Crippen LogP contribution in [-0.4, -0.2) is 13.7 Å². The first kappa shape index (κ1) is 16.0. The highest BCUT2D eigenvalue weighted by atomic mass is 35.5. The minimum atomic E-state index is -2.87. The van der Waals surface area contributed by atoms with Crippen LogP contribution in [0.1, 0.15) is 0 Å². The molecule has 0 radical (unpaired) electrons. The van der Waals surface area contributed by atoms with Crippen LogP contribution in [0.25, 0.3) is 11.1 Å². The largest absolute Gasteiger partial charge is 0.497 e. The van der Waals surface area contributed by atoms with Crippen molar-refractivity contribution in [3.05, 3.63) is 42.5 Å². The van der Waals surface area contributed by atoms with Gasteiger partial charge in [0.1, 0.15) is 11.5 Å². The third kappa shape index (κ3) is 3.74. The Morgan fingerprint density at radius 3 is 2.25 bits per heavy atom. The molecule has 20 heavy (non-hydrogen) atoms. The standard InChI is InChI=1S/C14H13F2NO2.ClH/c1-18-11-5-2-9(3-6-11)12-8-10(17)4-7-13(12)19-14(15)16;/h2-8,14H,17H2,1H3;1H. The minimum absolute atomic E-state index is 0. The Bertz CT molecular complexity index is 562. The lowest BCUT2D eigenvalue weighted by molar-refractivity contribution is -0.0494. The summed E-state index contributed by atoms with van der Waals surface area (Å²) in [5.74, 6) is 0.776. The minimum Gasteiger partial charge on any atom is -0.497 e. The normalized spacial score (nSPS) is 10.0. The van der Waals surface area contributed by atoms with Crippen LogP contribution in [-0.2, 0) is 0 Å². The van der Waals surface area contributed by atoms with Gasteiger partial charge in [-0.05, 0) is 35.9 Å². The molecule has 0 aliphatic rings. The fraction of sp³-hybridized carbons (Fsp3) is 0.143. The van der Waals surface area contributed by atoms with Crippen molar-refractivity contribution in [2.24, 2.45) is 0 Å². The van der Waals surface area contributed by atoms with E-state index in [0.29, 0.717) is 17.0 Å². The van der Waals surface area contributed by atoms with E-state index in [-0.39, 0.29) is 18.2 Å². The van der Waals surface area contributed by atoms with Crippen LogP contribution in [0.2, 0.25) is 0 Å². The van der Waals surface area contributed by atoms with Crippen LogP contribution in [0, 0.1) is 0 Å². The zero-order valence-electron chi connectivity index (χ0n) is 10.7. The van der Waals surface area contributed by atoms with Crippen molar-refractivity contribution in [3.8, 4) is 22.6 Å². The van der Waals surface area contributed by atoms with Crippen LogP contribution < -0.4 is 15.2 Å². The number of ether oxygens (including phenoxy) is 2. The van der Waals surface area contributed by atoms with E-state index in [1.165, 1.54) is 12.1 Å². The van der Waals surface area contributed by atoms with Gasteiger partial charge in [0.05, 0.1) is 7.11 Å². The van der Waals surface area contributed by atoms with E-state index in [9.17, 15) is 8.78 Å². The maximum absolute atomic E-state index is 12.4. The molecule has 2 aromatic rings. The molecule has 2 rings (SSSR count). The Morgan fingerprint density at radius 2 is 1.70 bits per heavy atom. The van der Waals surface area contributed by atoms with Gasteiger partial charge in [0.2, 0.25) is 0 Å². The van der Waals surface area contributed by atoms with Crippen molar-refractivity contribution < 1.29 is 18.3 Å². The summed E-state index contributed by atoms with van der Waals surface area (Å²) in [6, 6.07) is 11.5. The number of hydrogen-bond acceptors (Lipinski definition) is 3. The molecule has 0 unspecified atom stereocenters. The van der Waals surface area contributed by atoms with Gasteiger partial charge >= 0.3 is 6.61 Å². The highest BCUT2D eigenvalue weighted by Crippen LogP contribution is 2.33. The van der Waals surface area contributed by atoms with Gasteiger partial charge in [0.25, 0.3) is 0 Å². The molecule has 0 saturated carbocycles. The van der Waals surface area contributed by atoms with Crippen LogP contribution in [0.3, 0.4) is 0 Å². The van der Waals surface area contributed by atoms with Crippen molar-refractivity contribution in [2.45, 2.75) is 6.61 Å². The van der Waals surface area contributed by atoms with Gasteiger partial charge in [-0.1, -0.05) is 12.1 Å². The van der Waals surface area contributed by atoms with Gasteiger partial charge in [-0.15, -0.1) is 12.4 Å². The van der Waals surface area contributed by atoms with Gasteiger partial charge < -0.3 is 15.2 Å². The molecule has 0 spiro atoms. The third-order valence-corrected chi connectivity index (χ3v) is 2.62. The average molecular weight is 302 g/mol. The number of anilines is 1. The van der Waals surface area contributed by atoms with Gasteiger partial charge in [-0.2, -0.15) is 8.78 Å². The molecule has 0 bridgehead atoms. The number of hydrogen-bond donors (Lipinski definition) is 1. The summed E-state index contributed by atoms with van der Waals surface area (Å²) in [6.45, 7) is -2.87. The topological polar surface area (TPSA) is 44.5 Å². The van der Waals surface area contributed by atoms with Gasteiger partial charge in [0, 0.05) is 11.3 Å². The fourth-order valence-corrected chi connectivity index (χ4v) is 1.74. The van der Waals surface area contributed by atoms with Crippen LogP contribution in [0.5, 0.6) is 11.5 Å². The van der Waals surface area contributed by atoms with Crippen LogP contribution >= 0.6 is 12.4 Å². The molecule has 2 N–H and O–H groups in total. The van der Waals surface area contributed by atoms with E-state index in [2.05, 4.69) is 4.74 Å². The van der Waals surface area contributed by atoms with Crippen molar-refractivity contribution in [1.29, 1.82) is 0 Å². The maximum Gasteiger partial charge on any atom is 0.387 e. The highest BCUT2D eigenvalue weighted by molar-refractivity contribution is 5.85. The van der Waals surface area contributed by atoms with E-state index in [4.69, 9.17) is 10.5 Å². The maximum atomic E-state index is 12.4. The van der Waals surface area contributed by atoms with E-state index < -0.39 is 6.61 Å². The monoisotopic (exact) mass is 301 g/mol. The van der Waals surface area contributed by atoms with Crippen LogP contribution in [0.4, 0.5) is 14.5 Å². The molecule has 0 fully saturated rings. The summed E-state index contributed by atoms with van der Waals surface area (Å²) in [5.41, 5.74) is 7.41. The lowest BCUT2D eigenvalue weighted by atomic mass is 10.0. The number of rotatable bonds is 4. The number of nitrogens with two attached hydrogens (primary N) is 1. The summed E-state index contributed by atoms with van der Waals surface area (Å²) >= 11 is 0. The lowest BCUT2D eigenvalue weighted by Gasteiger charge is -2.12. The SMILES string of the molecule is COc1ccc(-c2cc(N)ccc2OC(F)F)cc1.Cl. The molecule has 6 heteroatoms. The van der Waals surface area contributed by atoms with Crippen molar-refractivity contribution in [2.75, 3.05) is 12.8 Å². The number of methoxy groups -OCH3 is 1. The number of nitrogen functional groups attached to an aromatic ring is 1. The molecule has 0 aliphatic carbocycles. The van der Waals surface area contributed by atoms with Gasteiger partial charge in [-0.3, -0.25) is 0 Å². The average Bonchev–Trinajstić information content (AvgIpc) is 2.40. The molecule has 0 atom stereocenters. The van der Waals surface area contributed by atoms with Crippen molar-refractivity contribution in [3.63, 3.8) is 0 Å². The smallest absolute Gasteiger partial charge is 0.387 e. The lowest BCUT2D eigenvalue weighted by Crippen LogP contribution is -2.03. The Balaban J connectivity index is 0.00000200. The molecule has 0 amide bonds. The zero-order chi connectivity index (χ0) is 13.8. The number of halogens is 3. The van der Waals surface area contributed by atoms with Crippen molar-refractivity contribution in [1.82, 2.24) is 0 Å². The molecule has 0 heterocycles. The van der Waals surface area contributed by atoms with Gasteiger partial charge in [-0.25, -0.2) is 0 Å². The Kier molecular flexibility index (Phi) is 5.58. The molecule has 2 aromatic carbocycles. The molecule has 0 aliphatic heterocycles. The van der Waals surface area contributed by atoms with E-state index >= 15 is 0 Å². The number of benzene rings is 2. The van der Waals surface area contributed by atoms with Crippen LogP contribution in [0.15, 0.2) is 42.5 Å². The molecular formula is C14H14ClF2NO2. The zero-order valence-corrected chi connectivity index (χ0v) is 11.5. The molecule has 0 aromatic heterocycles. The third-order valence-electron chi connectivity index (χ3n) is 2.62. The Morgan fingerprint density at radius 1 is 1.05 bits per heavy atom. The first-order valence-electron chi connectivity index (χ1n) is 5.59. The van der Waals surface area contributed by atoms with E-state index in [1.54, 1.807) is 37.4 Å². The predicted molar refractivity (Wildman–Crippen MR) is 76.7 cm³/mol. The molecule has 3 nitrogen and oxygen atoms in total. The summed E-state index contributed by atoms with van der Waals surface area (Å²) in [4.78, 5) is 0. The first-order valence-corrected chi connectivity index (χ1v) is 5.59. The Labute approximate surface area is 121 Å². The fourth-order valence-electron chi connectivity index (χ4n) is 1.74. The molecule has 0 saturated heterocycles. The summed E-state index contributed by atoms with van der Waals surface area (Å²) in [7, 11) is 1.56. The second-order valence-electron chi connectivity index (χ2n) is 3.86. The Hall–Kier alpha value is -2.01. The van der Waals surface area contributed by atoms with E-state index in [0.717, 1.165) is 5.56 Å². The van der Waals surface area contributed by atoms with Gasteiger partial charge in [0.15, 0.2) is 0 Å². The quantitative estimate of drug-likeness (QED) is 0.869. The van der Waals surface area contributed by atoms with E-state index in [1.807, 2.05) is 0 Å². The highest BCUT2D eigenvalue weighted by Gasteiger charge is 2.11. The predicted octanol–water partition coefficient (Wildman–Crippen LogP) is 3.97. The molecular weight excluding hydrogens is 288 g/mol. The summed E-state index contributed by atoms with van der Waals surface area (Å²) < 4.78 is 34.3. The summed E-state index contributed by atoms with van der Waals surface area (Å²) in [5, 5.41) is 0. The second-order valence-corrected chi connectivity index (χ2v) is 3.86. The summed E-state index contributed by atoms with van der Waals surface area (Å²) in [6.07, 6.45) is 0. The first-order chi connectivity index (χ1) is 9.10.